The van der Waals surface area contributed by atoms with Gasteiger partial charge in [-0.3, -0.25) is 4.79 Å². The first-order valence-electron chi connectivity index (χ1n) is 9.96. The van der Waals surface area contributed by atoms with Crippen molar-refractivity contribution in [1.29, 1.82) is 0 Å². The van der Waals surface area contributed by atoms with Crippen LogP contribution in [-0.4, -0.2) is 43.6 Å². The van der Waals surface area contributed by atoms with Crippen LogP contribution < -0.4 is 0 Å². The van der Waals surface area contributed by atoms with Crippen molar-refractivity contribution in [2.75, 3.05) is 13.1 Å². The van der Waals surface area contributed by atoms with Gasteiger partial charge >= 0.3 is 0 Å². The van der Waals surface area contributed by atoms with Crippen LogP contribution in [-0.2, 0) is 6.54 Å². The van der Waals surface area contributed by atoms with Gasteiger partial charge in [0.2, 0.25) is 11.8 Å². The average Bonchev–Trinajstić information content (AvgIpc) is 3.56. The van der Waals surface area contributed by atoms with Crippen molar-refractivity contribution in [3.8, 4) is 11.5 Å². The van der Waals surface area contributed by atoms with Crippen LogP contribution in [0.3, 0.4) is 0 Å². The highest BCUT2D eigenvalue weighted by molar-refractivity contribution is 7.08. The second-order valence-corrected chi connectivity index (χ2v) is 8.26. The molecule has 5 rings (SSSR count). The van der Waals surface area contributed by atoms with E-state index in [0.29, 0.717) is 23.9 Å². The molecule has 3 aromatic heterocycles. The van der Waals surface area contributed by atoms with E-state index in [1.165, 1.54) is 0 Å². The summed E-state index contributed by atoms with van der Waals surface area (Å²) in [6.45, 7) is 2.09. The second-order valence-electron chi connectivity index (χ2n) is 7.48. The molecule has 1 saturated heterocycles. The number of benzene rings is 1. The maximum atomic E-state index is 13.0. The maximum Gasteiger partial charge on any atom is 0.253 e. The molecular formula is C22H21N5O2S. The van der Waals surface area contributed by atoms with Crippen molar-refractivity contribution in [3.05, 3.63) is 76.8 Å². The zero-order valence-electron chi connectivity index (χ0n) is 16.3. The van der Waals surface area contributed by atoms with Gasteiger partial charge in [0.25, 0.3) is 5.91 Å². The Kier molecular flexibility index (Phi) is 5.15. The number of aromatic nitrogens is 4. The predicted molar refractivity (Wildman–Crippen MR) is 113 cm³/mol. The Hall–Kier alpha value is -3.26. The van der Waals surface area contributed by atoms with E-state index in [1.807, 2.05) is 56.8 Å². The first-order valence-corrected chi connectivity index (χ1v) is 10.9. The number of likely N-dealkylation sites (tertiary alicyclic amines) is 1. The van der Waals surface area contributed by atoms with Crippen molar-refractivity contribution in [1.82, 2.24) is 24.6 Å². The monoisotopic (exact) mass is 419 g/mol. The summed E-state index contributed by atoms with van der Waals surface area (Å²) >= 11 is 1.60. The van der Waals surface area contributed by atoms with Crippen LogP contribution in [0.5, 0.6) is 0 Å². The summed E-state index contributed by atoms with van der Waals surface area (Å²) in [5, 5.41) is 12.4. The first-order chi connectivity index (χ1) is 14.8. The van der Waals surface area contributed by atoms with E-state index in [1.54, 1.807) is 23.9 Å². The fourth-order valence-electron chi connectivity index (χ4n) is 3.79. The summed E-state index contributed by atoms with van der Waals surface area (Å²) < 4.78 is 7.91. The topological polar surface area (TPSA) is 77.1 Å². The van der Waals surface area contributed by atoms with E-state index in [4.69, 9.17) is 4.42 Å². The lowest BCUT2D eigenvalue weighted by atomic mass is 9.97. The Morgan fingerprint density at radius 3 is 2.87 bits per heavy atom. The lowest BCUT2D eigenvalue weighted by molar-refractivity contribution is 0.0698. The molecule has 1 amide bonds. The van der Waals surface area contributed by atoms with Crippen LogP contribution in [0.25, 0.3) is 11.5 Å². The van der Waals surface area contributed by atoms with Crippen LogP contribution in [0.4, 0.5) is 0 Å². The number of amides is 1. The summed E-state index contributed by atoms with van der Waals surface area (Å²) in [4.78, 5) is 19.0. The number of imidazole rings is 1. The first kappa shape index (κ1) is 18.7. The van der Waals surface area contributed by atoms with Crippen molar-refractivity contribution >= 4 is 17.2 Å². The van der Waals surface area contributed by atoms with Crippen molar-refractivity contribution in [3.63, 3.8) is 0 Å². The molecule has 0 radical (unpaired) electrons. The molecule has 0 spiro atoms. The molecule has 0 unspecified atom stereocenters. The molecule has 152 valence electrons. The Bertz CT molecular complexity index is 1100. The number of nitrogens with zero attached hydrogens (tertiary/aromatic N) is 5. The highest BCUT2D eigenvalue weighted by Crippen LogP contribution is 2.29. The predicted octanol–water partition coefficient (Wildman–Crippen LogP) is 4.06. The van der Waals surface area contributed by atoms with Crippen LogP contribution in [0.2, 0.25) is 0 Å². The summed E-state index contributed by atoms with van der Waals surface area (Å²) in [6, 6.07) is 9.77. The Morgan fingerprint density at radius 1 is 1.20 bits per heavy atom. The molecule has 0 bridgehead atoms. The Balaban J connectivity index is 1.26. The molecule has 0 N–H and O–H groups in total. The number of piperidine rings is 1. The highest BCUT2D eigenvalue weighted by atomic mass is 32.1. The molecule has 7 nitrogen and oxygen atoms in total. The summed E-state index contributed by atoms with van der Waals surface area (Å²) in [6.07, 6.45) is 7.34. The van der Waals surface area contributed by atoms with Gasteiger partial charge in [0.15, 0.2) is 0 Å². The van der Waals surface area contributed by atoms with Gasteiger partial charge in [-0.25, -0.2) is 4.98 Å². The van der Waals surface area contributed by atoms with E-state index in [-0.39, 0.29) is 11.8 Å². The number of thiophene rings is 1. The maximum absolute atomic E-state index is 13.0. The average molecular weight is 420 g/mol. The quantitative estimate of drug-likeness (QED) is 0.487. The van der Waals surface area contributed by atoms with Gasteiger partial charge in [0, 0.05) is 48.5 Å². The number of hydrogen-bond acceptors (Lipinski definition) is 6. The standard InChI is InChI=1S/C22H21N5O2S/c28-22(17-5-3-16(4-6-17)12-26-10-8-23-15-26)27-9-1-2-18(13-27)20-24-25-21(29-20)19-7-11-30-14-19/h3-8,10-11,14-15,18H,1-2,9,12-13H2/t18-/m1/s1. The van der Waals surface area contributed by atoms with Gasteiger partial charge < -0.3 is 13.9 Å². The summed E-state index contributed by atoms with van der Waals surface area (Å²) in [5.41, 5.74) is 2.78. The summed E-state index contributed by atoms with van der Waals surface area (Å²) in [7, 11) is 0. The van der Waals surface area contributed by atoms with Crippen LogP contribution in [0, 0.1) is 0 Å². The zero-order valence-corrected chi connectivity index (χ0v) is 17.2. The number of rotatable bonds is 5. The van der Waals surface area contributed by atoms with E-state index >= 15 is 0 Å². The molecular weight excluding hydrogens is 398 g/mol. The van der Waals surface area contributed by atoms with Gasteiger partial charge in [-0.05, 0) is 42.0 Å². The third kappa shape index (κ3) is 3.91. The van der Waals surface area contributed by atoms with Crippen LogP contribution in [0.15, 0.2) is 64.2 Å². The molecule has 1 aliphatic rings. The number of carbonyl (C=O) groups excluding carboxylic acids is 1. The molecule has 30 heavy (non-hydrogen) atoms. The van der Waals surface area contributed by atoms with E-state index in [0.717, 1.165) is 37.1 Å². The van der Waals surface area contributed by atoms with Gasteiger partial charge in [0.05, 0.1) is 12.2 Å². The Labute approximate surface area is 178 Å². The van der Waals surface area contributed by atoms with Gasteiger partial charge in [-0.2, -0.15) is 11.3 Å². The van der Waals surface area contributed by atoms with Crippen molar-refractivity contribution < 1.29 is 9.21 Å². The van der Waals surface area contributed by atoms with Crippen LogP contribution >= 0.6 is 11.3 Å². The molecule has 1 aliphatic heterocycles. The number of hydrogen-bond donors (Lipinski definition) is 0. The van der Waals surface area contributed by atoms with Gasteiger partial charge in [-0.1, -0.05) is 12.1 Å². The molecule has 0 aliphatic carbocycles. The molecule has 8 heteroatoms. The van der Waals surface area contributed by atoms with E-state index in [2.05, 4.69) is 15.2 Å². The molecule has 4 heterocycles. The molecule has 0 saturated carbocycles. The van der Waals surface area contributed by atoms with Crippen LogP contribution in [0.1, 0.15) is 40.6 Å². The van der Waals surface area contributed by atoms with Gasteiger partial charge in [0.1, 0.15) is 0 Å². The lowest BCUT2D eigenvalue weighted by Gasteiger charge is -2.31. The highest BCUT2D eigenvalue weighted by Gasteiger charge is 2.29. The minimum atomic E-state index is 0.0476. The molecule has 1 fully saturated rings. The van der Waals surface area contributed by atoms with Crippen molar-refractivity contribution in [2.24, 2.45) is 0 Å². The zero-order chi connectivity index (χ0) is 20.3. The normalized spacial score (nSPS) is 16.7. The largest absolute Gasteiger partial charge is 0.420 e. The third-order valence-electron chi connectivity index (χ3n) is 5.39. The second kappa shape index (κ2) is 8.23. The molecule has 1 aromatic carbocycles. The lowest BCUT2D eigenvalue weighted by Crippen LogP contribution is -2.39. The van der Waals surface area contributed by atoms with Crippen molar-refractivity contribution in [2.45, 2.75) is 25.3 Å². The van der Waals surface area contributed by atoms with E-state index in [9.17, 15) is 4.79 Å². The molecule has 4 aromatic rings. The fourth-order valence-corrected chi connectivity index (χ4v) is 4.42. The Morgan fingerprint density at radius 2 is 2.10 bits per heavy atom. The third-order valence-corrected chi connectivity index (χ3v) is 6.08. The smallest absolute Gasteiger partial charge is 0.253 e. The number of carbonyl (C=O) groups is 1. The minimum absolute atomic E-state index is 0.0476. The SMILES string of the molecule is O=C(c1ccc(Cn2ccnc2)cc1)N1CCC[C@@H](c2nnc(-c3ccsc3)o2)C1. The minimum Gasteiger partial charge on any atom is -0.420 e. The fraction of sp³-hybridized carbons (Fsp3) is 0.273. The summed E-state index contributed by atoms with van der Waals surface area (Å²) in [5.74, 6) is 1.28. The van der Waals surface area contributed by atoms with Gasteiger partial charge in [-0.15, -0.1) is 10.2 Å². The molecule has 1 atom stereocenters. The van der Waals surface area contributed by atoms with E-state index < -0.39 is 0 Å².